The van der Waals surface area contributed by atoms with E-state index < -0.39 is 17.8 Å². The molecule has 3 aromatic rings. The molecule has 35 heavy (non-hydrogen) atoms. The van der Waals surface area contributed by atoms with Gasteiger partial charge in [0.15, 0.2) is 11.5 Å². The average molecular weight is 514 g/mol. The number of halogens is 2. The van der Waals surface area contributed by atoms with Crippen LogP contribution in [0.2, 0.25) is 10.0 Å². The molecule has 0 aliphatic heterocycles. The summed E-state index contributed by atoms with van der Waals surface area (Å²) in [6.07, 6.45) is 1.40. The number of nitrogens with zero attached hydrogens (tertiary/aromatic N) is 1. The van der Waals surface area contributed by atoms with Crippen LogP contribution < -0.4 is 20.2 Å². The van der Waals surface area contributed by atoms with Gasteiger partial charge in [0.05, 0.1) is 24.9 Å². The van der Waals surface area contributed by atoms with Crippen LogP contribution >= 0.6 is 23.2 Å². The summed E-state index contributed by atoms with van der Waals surface area (Å²) in [4.78, 5) is 36.4. The zero-order valence-electron chi connectivity index (χ0n) is 18.6. The number of ether oxygens (including phenoxy) is 2. The van der Waals surface area contributed by atoms with E-state index in [-0.39, 0.29) is 12.3 Å². The largest absolute Gasteiger partial charge is 0.490 e. The Morgan fingerprint density at radius 2 is 1.51 bits per heavy atom. The summed E-state index contributed by atoms with van der Waals surface area (Å²) in [6, 6.07) is 17.4. The summed E-state index contributed by atoms with van der Waals surface area (Å²) < 4.78 is 11.0. The molecule has 0 fully saturated rings. The summed E-state index contributed by atoms with van der Waals surface area (Å²) >= 11 is 11.6. The second-order valence-corrected chi connectivity index (χ2v) is 7.89. The van der Waals surface area contributed by atoms with E-state index in [0.29, 0.717) is 39.1 Å². The summed E-state index contributed by atoms with van der Waals surface area (Å²) in [6.45, 7) is 1.88. The van der Waals surface area contributed by atoms with E-state index in [2.05, 4.69) is 15.8 Å². The molecule has 0 heterocycles. The van der Waals surface area contributed by atoms with Gasteiger partial charge in [0.25, 0.3) is 11.8 Å². The minimum atomic E-state index is -0.558. The van der Waals surface area contributed by atoms with Crippen LogP contribution in [0.4, 0.5) is 0 Å². The lowest BCUT2D eigenvalue weighted by Gasteiger charge is -2.11. The molecule has 0 saturated heterocycles. The van der Waals surface area contributed by atoms with Crippen molar-refractivity contribution in [2.45, 2.75) is 6.92 Å². The van der Waals surface area contributed by atoms with Crippen molar-refractivity contribution in [2.75, 3.05) is 13.2 Å². The van der Waals surface area contributed by atoms with Crippen molar-refractivity contribution in [3.05, 3.63) is 93.5 Å². The molecule has 0 atom stereocenters. The van der Waals surface area contributed by atoms with E-state index in [4.69, 9.17) is 32.7 Å². The van der Waals surface area contributed by atoms with Crippen molar-refractivity contribution in [1.82, 2.24) is 10.7 Å². The van der Waals surface area contributed by atoms with Gasteiger partial charge in [-0.05, 0) is 79.2 Å². The minimum Gasteiger partial charge on any atom is -0.490 e. The van der Waals surface area contributed by atoms with Crippen LogP contribution in [0.15, 0.2) is 71.8 Å². The second kappa shape index (κ2) is 12.5. The third-order valence-electron chi connectivity index (χ3n) is 4.47. The van der Waals surface area contributed by atoms with Crippen molar-refractivity contribution >= 4 is 47.2 Å². The fourth-order valence-electron chi connectivity index (χ4n) is 2.78. The van der Waals surface area contributed by atoms with Crippen molar-refractivity contribution in [1.29, 1.82) is 0 Å². The minimum absolute atomic E-state index is 0.234. The fourth-order valence-corrected chi connectivity index (χ4v) is 3.04. The molecule has 8 nitrogen and oxygen atoms in total. The van der Waals surface area contributed by atoms with Crippen LogP contribution in [0.1, 0.15) is 33.2 Å². The molecule has 0 unspecified atom stereocenters. The Hall–Kier alpha value is -3.88. The molecule has 180 valence electrons. The number of esters is 1. The Labute approximate surface area is 211 Å². The number of carbonyl (C=O) groups is 3. The maximum absolute atomic E-state index is 12.4. The van der Waals surface area contributed by atoms with Crippen LogP contribution in [0.5, 0.6) is 11.5 Å². The van der Waals surface area contributed by atoms with Crippen molar-refractivity contribution in [3.8, 4) is 11.5 Å². The molecule has 0 radical (unpaired) electrons. The van der Waals surface area contributed by atoms with Gasteiger partial charge >= 0.3 is 5.97 Å². The van der Waals surface area contributed by atoms with Crippen LogP contribution in [0.25, 0.3) is 0 Å². The molecule has 3 rings (SSSR count). The molecule has 0 aliphatic carbocycles. The molecule has 2 N–H and O–H groups in total. The topological polar surface area (TPSA) is 106 Å². The van der Waals surface area contributed by atoms with E-state index in [9.17, 15) is 14.4 Å². The van der Waals surface area contributed by atoms with Crippen molar-refractivity contribution < 1.29 is 23.9 Å². The van der Waals surface area contributed by atoms with E-state index >= 15 is 0 Å². The van der Waals surface area contributed by atoms with E-state index in [1.807, 2.05) is 0 Å². The fraction of sp³-hybridized carbons (Fsp3) is 0.120. The Kier molecular flexibility index (Phi) is 9.23. The van der Waals surface area contributed by atoms with Gasteiger partial charge in [0.2, 0.25) is 0 Å². The standard InChI is InChI=1S/C25H21Cl2N3O5/c1-2-34-22-13-16(3-12-21(22)35-25(33)18-6-10-20(27)11-7-18)14-29-30-23(31)15-28-24(32)17-4-8-19(26)9-5-17/h3-14H,2,15H2,1H3,(H,28,32)(H,30,31). The molecule has 0 spiro atoms. The lowest BCUT2D eigenvalue weighted by molar-refractivity contribution is -0.120. The highest BCUT2D eigenvalue weighted by Gasteiger charge is 2.13. The third-order valence-corrected chi connectivity index (χ3v) is 4.97. The number of hydrogen-bond donors (Lipinski definition) is 2. The quantitative estimate of drug-likeness (QED) is 0.190. The number of carbonyl (C=O) groups excluding carboxylic acids is 3. The molecule has 10 heteroatoms. The van der Waals surface area contributed by atoms with Gasteiger partial charge in [0.1, 0.15) is 0 Å². The molecular weight excluding hydrogens is 493 g/mol. The third kappa shape index (κ3) is 7.84. The molecule has 0 saturated carbocycles. The monoisotopic (exact) mass is 513 g/mol. The summed E-state index contributed by atoms with van der Waals surface area (Å²) in [5.41, 5.74) is 3.64. The number of hydrogen-bond acceptors (Lipinski definition) is 6. The van der Waals surface area contributed by atoms with Crippen molar-refractivity contribution in [3.63, 3.8) is 0 Å². The highest BCUT2D eigenvalue weighted by atomic mass is 35.5. The van der Waals surface area contributed by atoms with Crippen LogP contribution in [-0.2, 0) is 4.79 Å². The molecule has 0 aliphatic rings. The number of rotatable bonds is 9. The zero-order valence-corrected chi connectivity index (χ0v) is 20.1. The van der Waals surface area contributed by atoms with Gasteiger partial charge in [-0.2, -0.15) is 5.10 Å². The van der Waals surface area contributed by atoms with Gasteiger partial charge in [0, 0.05) is 15.6 Å². The maximum atomic E-state index is 12.4. The second-order valence-electron chi connectivity index (χ2n) is 7.02. The molecule has 2 amide bonds. The van der Waals surface area contributed by atoms with E-state index in [1.54, 1.807) is 73.7 Å². The van der Waals surface area contributed by atoms with E-state index in [1.165, 1.54) is 6.21 Å². The number of nitrogens with one attached hydrogen (secondary N) is 2. The predicted molar refractivity (Wildman–Crippen MR) is 134 cm³/mol. The summed E-state index contributed by atoms with van der Waals surface area (Å²) in [5, 5.41) is 7.39. The highest BCUT2D eigenvalue weighted by molar-refractivity contribution is 6.31. The predicted octanol–water partition coefficient (Wildman–Crippen LogP) is 4.49. The number of amides is 2. The number of hydrazone groups is 1. The Morgan fingerprint density at radius 1 is 0.886 bits per heavy atom. The van der Waals surface area contributed by atoms with Crippen molar-refractivity contribution in [2.24, 2.45) is 5.10 Å². The molecule has 3 aromatic carbocycles. The van der Waals surface area contributed by atoms with Crippen LogP contribution in [-0.4, -0.2) is 37.1 Å². The van der Waals surface area contributed by atoms with Gasteiger partial charge < -0.3 is 14.8 Å². The maximum Gasteiger partial charge on any atom is 0.343 e. The Balaban J connectivity index is 1.56. The normalized spacial score (nSPS) is 10.6. The first-order valence-electron chi connectivity index (χ1n) is 10.5. The first-order valence-corrected chi connectivity index (χ1v) is 11.2. The van der Waals surface area contributed by atoms with Gasteiger partial charge in [-0.3, -0.25) is 9.59 Å². The van der Waals surface area contributed by atoms with Crippen LogP contribution in [0.3, 0.4) is 0 Å². The van der Waals surface area contributed by atoms with Gasteiger partial charge in [-0.1, -0.05) is 23.2 Å². The summed E-state index contributed by atoms with van der Waals surface area (Å²) in [7, 11) is 0. The SMILES string of the molecule is CCOc1cc(C=NNC(=O)CNC(=O)c2ccc(Cl)cc2)ccc1OC(=O)c1ccc(Cl)cc1. The molecule has 0 aromatic heterocycles. The lowest BCUT2D eigenvalue weighted by atomic mass is 10.2. The Bertz CT molecular complexity index is 1230. The van der Waals surface area contributed by atoms with Gasteiger partial charge in [-0.15, -0.1) is 0 Å². The first kappa shape index (κ1) is 25.7. The van der Waals surface area contributed by atoms with Gasteiger partial charge in [-0.25, -0.2) is 10.2 Å². The summed E-state index contributed by atoms with van der Waals surface area (Å²) in [5.74, 6) is -0.914. The average Bonchev–Trinajstić information content (AvgIpc) is 2.85. The zero-order chi connectivity index (χ0) is 25.2. The van der Waals surface area contributed by atoms with E-state index in [0.717, 1.165) is 0 Å². The molecular formula is C25H21Cl2N3O5. The Morgan fingerprint density at radius 3 is 2.14 bits per heavy atom. The highest BCUT2D eigenvalue weighted by Crippen LogP contribution is 2.29. The molecule has 0 bridgehead atoms. The lowest BCUT2D eigenvalue weighted by Crippen LogP contribution is -2.34. The first-order chi connectivity index (χ1) is 16.9. The smallest absolute Gasteiger partial charge is 0.343 e. The number of benzene rings is 3. The van der Waals surface area contributed by atoms with Crippen LogP contribution in [0, 0.1) is 0 Å².